The van der Waals surface area contributed by atoms with Crippen molar-refractivity contribution in [3.05, 3.63) is 58.6 Å². The maximum atomic E-state index is 12.1. The molecule has 1 aromatic heterocycles. The number of aromatic nitrogens is 1. The van der Waals surface area contributed by atoms with Crippen LogP contribution in [-0.2, 0) is 6.54 Å². The predicted octanol–water partition coefficient (Wildman–Crippen LogP) is 5.05. The van der Waals surface area contributed by atoms with E-state index in [2.05, 4.69) is 26.2 Å². The molecule has 0 radical (unpaired) electrons. The number of carbonyl (C=O) groups excluding carboxylic acids is 1. The van der Waals surface area contributed by atoms with E-state index in [9.17, 15) is 9.90 Å². The lowest BCUT2D eigenvalue weighted by molar-refractivity contribution is 0.0995. The zero-order valence-corrected chi connectivity index (χ0v) is 14.0. The van der Waals surface area contributed by atoms with Crippen LogP contribution in [0.15, 0.2) is 63.2 Å². The minimum absolute atomic E-state index is 0.0149. The van der Waals surface area contributed by atoms with Crippen LogP contribution < -0.4 is 0 Å². The van der Waals surface area contributed by atoms with Crippen molar-refractivity contribution in [3.8, 4) is 5.88 Å². The fourth-order valence-corrected chi connectivity index (χ4v) is 2.70. The lowest BCUT2D eigenvalue weighted by Crippen LogP contribution is -1.92. The van der Waals surface area contributed by atoms with Crippen LogP contribution in [0.3, 0.4) is 0 Å². The lowest BCUT2D eigenvalue weighted by Gasteiger charge is -2.00. The number of fused-ring (bicyclic) bond motifs is 1. The van der Waals surface area contributed by atoms with Gasteiger partial charge in [0.25, 0.3) is 5.91 Å². The number of aromatic hydroxyl groups is 1. The highest BCUT2D eigenvalue weighted by Gasteiger charge is 2.15. The summed E-state index contributed by atoms with van der Waals surface area (Å²) in [5.41, 5.74) is 1.61. The van der Waals surface area contributed by atoms with E-state index in [-0.39, 0.29) is 5.88 Å². The predicted molar refractivity (Wildman–Crippen MR) is 92.3 cm³/mol. The average Bonchev–Trinajstić information content (AvgIpc) is 2.84. The molecule has 116 valence electrons. The van der Waals surface area contributed by atoms with Crippen molar-refractivity contribution >= 4 is 38.4 Å². The van der Waals surface area contributed by atoms with E-state index in [0.717, 1.165) is 15.4 Å². The number of benzene rings is 2. The van der Waals surface area contributed by atoms with Gasteiger partial charge in [-0.25, -0.2) is 0 Å². The minimum atomic E-state index is -0.453. The van der Waals surface area contributed by atoms with Crippen LogP contribution >= 0.6 is 15.9 Å². The zero-order chi connectivity index (χ0) is 16.4. The van der Waals surface area contributed by atoms with Gasteiger partial charge in [-0.05, 0) is 37.3 Å². The van der Waals surface area contributed by atoms with Crippen molar-refractivity contribution in [2.45, 2.75) is 13.5 Å². The Hall–Kier alpha value is -2.47. The Morgan fingerprint density at radius 3 is 2.57 bits per heavy atom. The van der Waals surface area contributed by atoms with E-state index in [1.165, 1.54) is 0 Å². The highest BCUT2D eigenvalue weighted by atomic mass is 79.9. The third-order valence-electron chi connectivity index (χ3n) is 3.57. The first-order valence-electron chi connectivity index (χ1n) is 7.13. The van der Waals surface area contributed by atoms with Crippen LogP contribution in [0.25, 0.3) is 10.9 Å². The summed E-state index contributed by atoms with van der Waals surface area (Å²) in [6.45, 7) is 2.53. The van der Waals surface area contributed by atoms with E-state index in [4.69, 9.17) is 0 Å². The molecule has 1 heterocycles. The smallest absolute Gasteiger partial charge is 0.295 e. The molecule has 0 spiro atoms. The second-order valence-electron chi connectivity index (χ2n) is 4.95. The molecule has 0 aliphatic carbocycles. The van der Waals surface area contributed by atoms with Crippen molar-refractivity contribution in [2.24, 2.45) is 10.2 Å². The van der Waals surface area contributed by atoms with Crippen molar-refractivity contribution in [1.29, 1.82) is 0 Å². The lowest BCUT2D eigenvalue weighted by atomic mass is 10.2. The number of carbonyl (C=O) groups is 1. The summed E-state index contributed by atoms with van der Waals surface area (Å²) in [6.07, 6.45) is 0. The number of amides is 1. The quantitative estimate of drug-likeness (QED) is 0.654. The minimum Gasteiger partial charge on any atom is -0.493 e. The van der Waals surface area contributed by atoms with Crippen LogP contribution in [-0.4, -0.2) is 15.6 Å². The summed E-state index contributed by atoms with van der Waals surface area (Å²) in [7, 11) is 0. The Balaban J connectivity index is 1.99. The van der Waals surface area contributed by atoms with Crippen LogP contribution in [0.5, 0.6) is 5.88 Å². The van der Waals surface area contributed by atoms with Crippen molar-refractivity contribution in [3.63, 3.8) is 0 Å². The summed E-state index contributed by atoms with van der Waals surface area (Å²) >= 11 is 3.32. The molecule has 0 saturated heterocycles. The molecule has 3 aromatic rings. The second-order valence-corrected chi connectivity index (χ2v) is 5.86. The summed E-state index contributed by atoms with van der Waals surface area (Å²) in [5.74, 6) is -0.439. The van der Waals surface area contributed by atoms with Gasteiger partial charge in [-0.15, -0.1) is 10.2 Å². The van der Waals surface area contributed by atoms with Crippen LogP contribution in [0.1, 0.15) is 17.3 Å². The molecule has 0 saturated carbocycles. The maximum Gasteiger partial charge on any atom is 0.295 e. The van der Waals surface area contributed by atoms with Gasteiger partial charge in [0.15, 0.2) is 5.69 Å². The number of azo groups is 1. The molecular weight excluding hydrogens is 358 g/mol. The largest absolute Gasteiger partial charge is 0.493 e. The molecule has 2 aromatic carbocycles. The fourth-order valence-electron chi connectivity index (χ4n) is 2.44. The Morgan fingerprint density at radius 1 is 1.17 bits per heavy atom. The van der Waals surface area contributed by atoms with Gasteiger partial charge in [-0.3, -0.25) is 4.79 Å². The standard InChI is InChI=1S/C17H14BrN3O2/c1-2-21-14-6-4-3-5-13(14)15(17(21)23)19-20-16(22)11-7-9-12(18)10-8-11/h3-10,23H,2H2,1H3. The summed E-state index contributed by atoms with van der Waals surface area (Å²) < 4.78 is 2.61. The van der Waals surface area contributed by atoms with Crippen molar-refractivity contribution in [2.75, 3.05) is 0 Å². The Bertz CT molecular complexity index is 898. The summed E-state index contributed by atoms with van der Waals surface area (Å²) in [5, 5.41) is 18.8. The first kappa shape index (κ1) is 15.4. The molecule has 0 fully saturated rings. The number of para-hydroxylation sites is 1. The monoisotopic (exact) mass is 371 g/mol. The van der Waals surface area contributed by atoms with E-state index in [1.54, 1.807) is 28.8 Å². The Morgan fingerprint density at radius 2 is 1.87 bits per heavy atom. The van der Waals surface area contributed by atoms with Gasteiger partial charge in [-0.1, -0.05) is 34.1 Å². The highest BCUT2D eigenvalue weighted by Crippen LogP contribution is 2.38. The highest BCUT2D eigenvalue weighted by molar-refractivity contribution is 9.10. The number of nitrogens with zero attached hydrogens (tertiary/aromatic N) is 3. The topological polar surface area (TPSA) is 66.9 Å². The number of halogens is 1. The molecule has 6 heteroatoms. The van der Waals surface area contributed by atoms with Crippen molar-refractivity contribution < 1.29 is 9.90 Å². The Kier molecular flexibility index (Phi) is 4.25. The molecule has 0 unspecified atom stereocenters. The average molecular weight is 372 g/mol. The summed E-state index contributed by atoms with van der Waals surface area (Å²) in [6, 6.07) is 14.4. The van der Waals surface area contributed by atoms with Gasteiger partial charge >= 0.3 is 0 Å². The van der Waals surface area contributed by atoms with E-state index >= 15 is 0 Å². The fraction of sp³-hybridized carbons (Fsp3) is 0.118. The molecule has 1 N–H and O–H groups in total. The molecule has 5 nitrogen and oxygen atoms in total. The van der Waals surface area contributed by atoms with E-state index < -0.39 is 5.91 Å². The van der Waals surface area contributed by atoms with Gasteiger partial charge in [0.05, 0.1) is 5.52 Å². The van der Waals surface area contributed by atoms with Gasteiger partial charge in [-0.2, -0.15) is 0 Å². The number of hydrogen-bond donors (Lipinski definition) is 1. The van der Waals surface area contributed by atoms with E-state index in [1.807, 2.05) is 31.2 Å². The van der Waals surface area contributed by atoms with Gasteiger partial charge in [0.1, 0.15) is 0 Å². The van der Waals surface area contributed by atoms with Gasteiger partial charge in [0, 0.05) is 22.0 Å². The molecule has 23 heavy (non-hydrogen) atoms. The molecule has 0 aliphatic rings. The number of aryl methyl sites for hydroxylation is 1. The third kappa shape index (κ3) is 2.90. The second kappa shape index (κ2) is 6.34. The summed E-state index contributed by atoms with van der Waals surface area (Å²) in [4.78, 5) is 12.1. The zero-order valence-electron chi connectivity index (χ0n) is 12.4. The van der Waals surface area contributed by atoms with Gasteiger partial charge < -0.3 is 9.67 Å². The van der Waals surface area contributed by atoms with Gasteiger partial charge in [0.2, 0.25) is 5.88 Å². The molecule has 0 atom stereocenters. The molecule has 3 rings (SSSR count). The molecule has 0 aliphatic heterocycles. The molecule has 1 amide bonds. The SMILES string of the molecule is CCn1c(O)c(N=NC(=O)c2ccc(Br)cc2)c2ccccc21. The third-order valence-corrected chi connectivity index (χ3v) is 4.09. The number of rotatable bonds is 3. The Labute approximate surface area is 141 Å². The van der Waals surface area contributed by atoms with Crippen LogP contribution in [0.4, 0.5) is 5.69 Å². The maximum absolute atomic E-state index is 12.1. The molecule has 0 bridgehead atoms. The van der Waals surface area contributed by atoms with E-state index in [0.29, 0.717) is 17.8 Å². The first-order chi connectivity index (χ1) is 11.1. The van der Waals surface area contributed by atoms with Crippen molar-refractivity contribution in [1.82, 2.24) is 4.57 Å². The van der Waals surface area contributed by atoms with Crippen LogP contribution in [0.2, 0.25) is 0 Å². The molecular formula is C17H14BrN3O2. The van der Waals surface area contributed by atoms with Crippen LogP contribution in [0, 0.1) is 0 Å². The number of hydrogen-bond acceptors (Lipinski definition) is 3. The first-order valence-corrected chi connectivity index (χ1v) is 7.93. The normalized spacial score (nSPS) is 11.4.